The predicted octanol–water partition coefficient (Wildman–Crippen LogP) is 2.30. The summed E-state index contributed by atoms with van der Waals surface area (Å²) in [5.41, 5.74) is -0.608. The van der Waals surface area contributed by atoms with Gasteiger partial charge in [0.15, 0.2) is 0 Å². The van der Waals surface area contributed by atoms with Gasteiger partial charge in [0.05, 0.1) is 13.7 Å². The second kappa shape index (κ2) is 8.26. The lowest BCUT2D eigenvalue weighted by Crippen LogP contribution is -2.40. The molecule has 0 radical (unpaired) electrons. The van der Waals surface area contributed by atoms with E-state index in [0.717, 1.165) is 0 Å². The van der Waals surface area contributed by atoms with Gasteiger partial charge < -0.3 is 19.6 Å². The van der Waals surface area contributed by atoms with Crippen LogP contribution in [0.2, 0.25) is 0 Å². The highest BCUT2D eigenvalue weighted by Gasteiger charge is 2.26. The third-order valence-electron chi connectivity index (χ3n) is 3.78. The van der Waals surface area contributed by atoms with Crippen LogP contribution in [-0.2, 0) is 16.6 Å². The van der Waals surface area contributed by atoms with Crippen molar-refractivity contribution in [2.24, 2.45) is 0 Å². The van der Waals surface area contributed by atoms with Gasteiger partial charge in [-0.15, -0.1) is 0 Å². The number of sulfonamides is 1. The first kappa shape index (κ1) is 22.4. The molecular weight excluding hydrogens is 400 g/mol. The van der Waals surface area contributed by atoms with Gasteiger partial charge in [-0.1, -0.05) is 0 Å². The van der Waals surface area contributed by atoms with E-state index in [1.165, 1.54) is 38.3 Å². The molecular formula is C19H24N2O7S. The number of rotatable bonds is 7. The van der Waals surface area contributed by atoms with E-state index < -0.39 is 27.4 Å². The van der Waals surface area contributed by atoms with Crippen LogP contribution in [0.5, 0.6) is 5.75 Å². The summed E-state index contributed by atoms with van der Waals surface area (Å²) < 4.78 is 38.3. The monoisotopic (exact) mass is 424 g/mol. The van der Waals surface area contributed by atoms with E-state index in [4.69, 9.17) is 14.3 Å². The zero-order valence-corrected chi connectivity index (χ0v) is 17.6. The van der Waals surface area contributed by atoms with Crippen LogP contribution in [0.3, 0.4) is 0 Å². The summed E-state index contributed by atoms with van der Waals surface area (Å²) in [6.07, 6.45) is 0. The Balaban J connectivity index is 2.25. The van der Waals surface area contributed by atoms with E-state index in [9.17, 15) is 18.0 Å². The van der Waals surface area contributed by atoms with E-state index in [1.54, 1.807) is 20.8 Å². The number of benzene rings is 1. The van der Waals surface area contributed by atoms with Crippen molar-refractivity contribution in [3.8, 4) is 5.75 Å². The summed E-state index contributed by atoms with van der Waals surface area (Å²) in [4.78, 5) is 23.4. The second-order valence-corrected chi connectivity index (χ2v) is 9.04. The van der Waals surface area contributed by atoms with Crippen LogP contribution in [0, 0.1) is 6.92 Å². The minimum Gasteiger partial charge on any atom is -0.495 e. The molecule has 0 saturated heterocycles. The molecule has 0 bridgehead atoms. The van der Waals surface area contributed by atoms with E-state index in [2.05, 4.69) is 10.0 Å². The number of hydrogen-bond acceptors (Lipinski definition) is 6. The van der Waals surface area contributed by atoms with Gasteiger partial charge in [0.1, 0.15) is 27.7 Å². The molecule has 29 heavy (non-hydrogen) atoms. The van der Waals surface area contributed by atoms with Crippen molar-refractivity contribution in [3.63, 3.8) is 0 Å². The van der Waals surface area contributed by atoms with E-state index in [0.29, 0.717) is 0 Å². The van der Waals surface area contributed by atoms with Crippen molar-refractivity contribution in [2.75, 3.05) is 7.11 Å². The third kappa shape index (κ3) is 5.58. The maximum atomic E-state index is 12.7. The van der Waals surface area contributed by atoms with E-state index in [1.807, 2.05) is 0 Å². The van der Waals surface area contributed by atoms with Crippen molar-refractivity contribution in [1.82, 2.24) is 10.0 Å². The summed E-state index contributed by atoms with van der Waals surface area (Å²) in [5, 5.41) is 11.6. The van der Waals surface area contributed by atoms with E-state index in [-0.39, 0.29) is 39.8 Å². The van der Waals surface area contributed by atoms with Gasteiger partial charge in [-0.05, 0) is 52.0 Å². The van der Waals surface area contributed by atoms with Gasteiger partial charge in [-0.25, -0.2) is 17.9 Å². The van der Waals surface area contributed by atoms with Crippen molar-refractivity contribution >= 4 is 21.9 Å². The molecule has 0 saturated carbocycles. The van der Waals surface area contributed by atoms with Crippen LogP contribution < -0.4 is 14.8 Å². The largest absolute Gasteiger partial charge is 0.495 e. The minimum absolute atomic E-state index is 0.0142. The third-order valence-corrected chi connectivity index (χ3v) is 5.56. The smallest absolute Gasteiger partial charge is 0.339 e. The minimum atomic E-state index is -3.93. The summed E-state index contributed by atoms with van der Waals surface area (Å²) in [5.74, 6) is -1.08. The van der Waals surface area contributed by atoms with Crippen LogP contribution in [0.15, 0.2) is 33.6 Å². The highest BCUT2D eigenvalue weighted by Crippen LogP contribution is 2.26. The van der Waals surface area contributed by atoms with Crippen molar-refractivity contribution in [3.05, 3.63) is 46.9 Å². The molecule has 2 rings (SSSR count). The first-order chi connectivity index (χ1) is 13.3. The van der Waals surface area contributed by atoms with Gasteiger partial charge in [0.2, 0.25) is 10.0 Å². The van der Waals surface area contributed by atoms with Gasteiger partial charge in [-0.3, -0.25) is 4.79 Å². The lowest BCUT2D eigenvalue weighted by molar-refractivity contribution is 0.0694. The molecule has 158 valence electrons. The molecule has 0 spiro atoms. The molecule has 0 unspecified atom stereocenters. The Kier molecular flexibility index (Phi) is 6.39. The SMILES string of the molecule is COc1ccc(C(=O)NCc2cc(C(=O)O)c(C)o2)cc1S(=O)(=O)NC(C)(C)C. The number of hydrogen-bond donors (Lipinski definition) is 3. The number of ether oxygens (including phenoxy) is 1. The molecule has 0 aliphatic carbocycles. The molecule has 0 fully saturated rings. The Morgan fingerprint density at radius 3 is 2.38 bits per heavy atom. The fourth-order valence-corrected chi connectivity index (χ4v) is 4.21. The molecule has 10 heteroatoms. The van der Waals surface area contributed by atoms with Crippen molar-refractivity contribution in [2.45, 2.75) is 44.7 Å². The number of methoxy groups -OCH3 is 1. The Hall–Kier alpha value is -2.85. The Morgan fingerprint density at radius 2 is 1.86 bits per heavy atom. The zero-order chi connectivity index (χ0) is 22.0. The fraction of sp³-hybridized carbons (Fsp3) is 0.368. The average Bonchev–Trinajstić information content (AvgIpc) is 2.98. The number of carbonyl (C=O) groups excluding carboxylic acids is 1. The van der Waals surface area contributed by atoms with Gasteiger partial charge >= 0.3 is 5.97 Å². The summed E-state index contributed by atoms with van der Waals surface area (Å²) >= 11 is 0. The van der Waals surface area contributed by atoms with E-state index >= 15 is 0 Å². The van der Waals surface area contributed by atoms with Crippen LogP contribution in [0.4, 0.5) is 0 Å². The maximum Gasteiger partial charge on any atom is 0.339 e. The number of amides is 1. The molecule has 1 aromatic carbocycles. The number of furan rings is 1. The number of carboxylic acids is 1. The molecule has 1 amide bonds. The Labute approximate surface area is 169 Å². The molecule has 0 atom stereocenters. The van der Waals surface area contributed by atoms with Gasteiger partial charge in [-0.2, -0.15) is 0 Å². The molecule has 1 heterocycles. The molecule has 9 nitrogen and oxygen atoms in total. The highest BCUT2D eigenvalue weighted by atomic mass is 32.2. The highest BCUT2D eigenvalue weighted by molar-refractivity contribution is 7.89. The summed E-state index contributed by atoms with van der Waals surface area (Å²) in [6, 6.07) is 5.37. The van der Waals surface area contributed by atoms with Crippen molar-refractivity contribution < 1.29 is 32.3 Å². The van der Waals surface area contributed by atoms with Crippen molar-refractivity contribution in [1.29, 1.82) is 0 Å². The molecule has 3 N–H and O–H groups in total. The maximum absolute atomic E-state index is 12.7. The number of aryl methyl sites for hydroxylation is 1. The first-order valence-corrected chi connectivity index (χ1v) is 10.1. The van der Waals surface area contributed by atoms with Gasteiger partial charge in [0, 0.05) is 11.1 Å². The zero-order valence-electron chi connectivity index (χ0n) is 16.8. The molecule has 0 aliphatic rings. The molecule has 2 aromatic rings. The lowest BCUT2D eigenvalue weighted by atomic mass is 10.1. The number of carbonyl (C=O) groups is 2. The predicted molar refractivity (Wildman–Crippen MR) is 105 cm³/mol. The summed E-state index contributed by atoms with van der Waals surface area (Å²) in [7, 11) is -2.60. The van der Waals surface area contributed by atoms with Crippen LogP contribution in [0.25, 0.3) is 0 Å². The molecule has 0 aliphatic heterocycles. The Bertz CT molecular complexity index is 1030. The van der Waals surface area contributed by atoms with Crippen LogP contribution >= 0.6 is 0 Å². The number of carboxylic acid groups (broad SMARTS) is 1. The number of nitrogens with one attached hydrogen (secondary N) is 2. The topological polar surface area (TPSA) is 135 Å². The Morgan fingerprint density at radius 1 is 1.21 bits per heavy atom. The summed E-state index contributed by atoms with van der Waals surface area (Å²) in [6.45, 7) is 6.55. The van der Waals surface area contributed by atoms with Crippen LogP contribution in [-0.4, -0.2) is 38.0 Å². The second-order valence-electron chi connectivity index (χ2n) is 7.39. The average molecular weight is 424 g/mol. The molecule has 1 aromatic heterocycles. The lowest BCUT2D eigenvalue weighted by Gasteiger charge is -2.21. The standard InChI is InChI=1S/C19H24N2O7S/c1-11-14(18(23)24)9-13(28-11)10-20-17(22)12-6-7-15(27-5)16(8-12)29(25,26)21-19(2,3)4/h6-9,21H,10H2,1-5H3,(H,20,22)(H,23,24). The normalized spacial score (nSPS) is 11.9. The van der Waals surface area contributed by atoms with Gasteiger partial charge in [0.25, 0.3) is 5.91 Å². The number of aromatic carboxylic acids is 1. The fourth-order valence-electron chi connectivity index (χ4n) is 2.60. The van der Waals surface area contributed by atoms with Crippen LogP contribution in [0.1, 0.15) is 53.0 Å². The first-order valence-electron chi connectivity index (χ1n) is 8.67. The quantitative estimate of drug-likeness (QED) is 0.621.